The molecule has 0 bridgehead atoms. The Balaban J connectivity index is 2.13. The lowest BCUT2D eigenvalue weighted by atomic mass is 10.1. The molecule has 0 unspecified atom stereocenters. The Hall–Kier alpha value is -3.57. The number of aromatic nitrogens is 2. The van der Waals surface area contributed by atoms with Crippen molar-refractivity contribution in [2.24, 2.45) is 9.98 Å². The average molecular weight is 458 g/mol. The van der Waals surface area contributed by atoms with Gasteiger partial charge in [-0.2, -0.15) is 9.98 Å². The number of aliphatic hydroxyl groups is 1. The minimum absolute atomic E-state index is 0.0225. The second-order valence-electron chi connectivity index (χ2n) is 6.36. The van der Waals surface area contributed by atoms with Gasteiger partial charge in [-0.3, -0.25) is 0 Å². The van der Waals surface area contributed by atoms with E-state index in [1.165, 1.54) is 19.2 Å². The fraction of sp³-hybridized carbons (Fsp3) is 0.190. The molecule has 0 saturated heterocycles. The summed E-state index contributed by atoms with van der Waals surface area (Å²) >= 11 is 1.06. The highest BCUT2D eigenvalue weighted by Crippen LogP contribution is 2.27. The van der Waals surface area contributed by atoms with Crippen LogP contribution < -0.4 is 4.74 Å². The molecule has 3 rings (SSSR count). The molecule has 0 aliphatic carbocycles. The van der Waals surface area contributed by atoms with Crippen molar-refractivity contribution >= 4 is 34.3 Å². The van der Waals surface area contributed by atoms with Gasteiger partial charge >= 0.3 is 6.09 Å². The number of thioether (sulfide) groups is 1. The summed E-state index contributed by atoms with van der Waals surface area (Å²) in [5.41, 5.74) is 1.67. The number of methoxy groups -OCH3 is 1. The van der Waals surface area contributed by atoms with Crippen molar-refractivity contribution in [1.29, 1.82) is 0 Å². The van der Waals surface area contributed by atoms with Crippen LogP contribution in [0.4, 0.5) is 14.9 Å². The number of nitrogens with zero attached hydrogens (tertiary/aromatic N) is 4. The monoisotopic (exact) mass is 458 g/mol. The third-order valence-electron chi connectivity index (χ3n) is 4.27. The maximum Gasteiger partial charge on any atom is 0.432 e. The van der Waals surface area contributed by atoms with Crippen LogP contribution in [0.5, 0.6) is 5.75 Å². The van der Waals surface area contributed by atoms with E-state index in [4.69, 9.17) is 9.26 Å². The molecule has 0 saturated carbocycles. The Morgan fingerprint density at radius 1 is 1.28 bits per heavy atom. The number of hydrogen-bond donors (Lipinski definition) is 2. The molecule has 1 heterocycles. The maximum atomic E-state index is 14.4. The van der Waals surface area contributed by atoms with Gasteiger partial charge in [0.25, 0.3) is 0 Å². The third kappa shape index (κ3) is 5.18. The van der Waals surface area contributed by atoms with Gasteiger partial charge < -0.3 is 19.5 Å². The summed E-state index contributed by atoms with van der Waals surface area (Å²) in [6.45, 7) is 1.11. The zero-order valence-electron chi connectivity index (χ0n) is 17.4. The van der Waals surface area contributed by atoms with E-state index in [-0.39, 0.29) is 22.1 Å². The van der Waals surface area contributed by atoms with E-state index in [0.717, 1.165) is 11.8 Å². The number of ether oxygens (including phenoxy) is 1. The Morgan fingerprint density at radius 3 is 2.53 bits per heavy atom. The molecule has 0 aliphatic heterocycles. The van der Waals surface area contributed by atoms with Crippen LogP contribution in [0, 0.1) is 12.7 Å². The van der Waals surface area contributed by atoms with Crippen molar-refractivity contribution in [3.63, 3.8) is 0 Å². The predicted octanol–water partition coefficient (Wildman–Crippen LogP) is 4.25. The molecule has 32 heavy (non-hydrogen) atoms. The van der Waals surface area contributed by atoms with Crippen molar-refractivity contribution in [2.45, 2.75) is 13.5 Å². The van der Waals surface area contributed by atoms with E-state index in [1.54, 1.807) is 37.4 Å². The first-order valence-corrected chi connectivity index (χ1v) is 10.4. The lowest BCUT2D eigenvalue weighted by molar-refractivity contribution is 0.206. The topological polar surface area (TPSA) is 130 Å². The van der Waals surface area contributed by atoms with Gasteiger partial charge in [0.2, 0.25) is 11.7 Å². The highest BCUT2D eigenvalue weighted by atomic mass is 32.2. The summed E-state index contributed by atoms with van der Waals surface area (Å²) in [6.07, 6.45) is 0.244. The molecular formula is C21H19FN4O5S. The number of rotatable bonds is 6. The average Bonchev–Trinajstić information content (AvgIpc) is 3.22. The molecule has 0 aliphatic rings. The number of aliphatic hydroxyl groups excluding tert-OH is 1. The number of benzene rings is 2. The molecular weight excluding hydrogens is 439 g/mol. The van der Waals surface area contributed by atoms with Crippen LogP contribution in [0.1, 0.15) is 17.0 Å². The molecule has 3 aromatic rings. The second-order valence-corrected chi connectivity index (χ2v) is 7.15. The quantitative estimate of drug-likeness (QED) is 0.414. The third-order valence-corrected chi connectivity index (χ3v) is 4.94. The first-order valence-electron chi connectivity index (χ1n) is 9.19. The van der Waals surface area contributed by atoms with Crippen molar-refractivity contribution < 1.29 is 28.7 Å². The fourth-order valence-corrected chi connectivity index (χ4v) is 3.33. The molecule has 0 radical (unpaired) electrons. The van der Waals surface area contributed by atoms with Crippen molar-refractivity contribution in [3.8, 4) is 17.1 Å². The Bertz CT molecular complexity index is 1170. The lowest BCUT2D eigenvalue weighted by Gasteiger charge is -2.13. The molecule has 0 spiro atoms. The predicted molar refractivity (Wildman–Crippen MR) is 119 cm³/mol. The van der Waals surface area contributed by atoms with Gasteiger partial charge in [0.1, 0.15) is 10.8 Å². The summed E-state index contributed by atoms with van der Waals surface area (Å²) < 4.78 is 24.4. The van der Waals surface area contributed by atoms with Gasteiger partial charge in [-0.15, -0.1) is 11.8 Å². The van der Waals surface area contributed by atoms with Crippen LogP contribution >= 0.6 is 11.8 Å². The van der Waals surface area contributed by atoms with Gasteiger partial charge in [0, 0.05) is 23.6 Å². The van der Waals surface area contributed by atoms with Crippen LogP contribution in [0.2, 0.25) is 0 Å². The standard InChI is InChI=1S/C21H19FN4O5S/c1-11-23-19(26-31-11)12-4-6-15(7-5-12)24-18(20(32-3)25-21(28)29)13-8-14(10-27)17(22)16(9-13)30-2/h4-9,27H,10H2,1-3H3,(H,28,29). The van der Waals surface area contributed by atoms with E-state index in [1.807, 2.05) is 0 Å². The number of aliphatic imine (C=N–C) groups is 2. The van der Waals surface area contributed by atoms with Crippen LogP contribution in [0.15, 0.2) is 50.9 Å². The summed E-state index contributed by atoms with van der Waals surface area (Å²) in [5.74, 6) is 0.0340. The fourth-order valence-electron chi connectivity index (χ4n) is 2.80. The second kappa shape index (κ2) is 10.2. The lowest BCUT2D eigenvalue weighted by Crippen LogP contribution is -2.15. The van der Waals surface area contributed by atoms with Crippen LogP contribution in [0.3, 0.4) is 0 Å². The van der Waals surface area contributed by atoms with Gasteiger partial charge in [-0.1, -0.05) is 5.16 Å². The molecule has 2 aromatic carbocycles. The zero-order chi connectivity index (χ0) is 23.3. The van der Waals surface area contributed by atoms with Crippen LogP contribution in [0.25, 0.3) is 11.4 Å². The van der Waals surface area contributed by atoms with E-state index in [9.17, 15) is 19.4 Å². The van der Waals surface area contributed by atoms with Gasteiger partial charge in [0.15, 0.2) is 11.6 Å². The largest absolute Gasteiger partial charge is 0.494 e. The molecule has 1 aromatic heterocycles. The minimum atomic E-state index is -1.40. The van der Waals surface area contributed by atoms with E-state index in [2.05, 4.69) is 20.1 Å². The number of carbonyl (C=O) groups is 1. The maximum absolute atomic E-state index is 14.4. The summed E-state index contributed by atoms with van der Waals surface area (Å²) in [4.78, 5) is 23.6. The number of aryl methyl sites for hydroxylation is 1. The van der Waals surface area contributed by atoms with E-state index < -0.39 is 18.5 Å². The van der Waals surface area contributed by atoms with E-state index in [0.29, 0.717) is 28.5 Å². The normalized spacial score (nSPS) is 12.2. The minimum Gasteiger partial charge on any atom is -0.494 e. The number of hydrogen-bond acceptors (Lipinski definition) is 8. The summed E-state index contributed by atoms with van der Waals surface area (Å²) in [5, 5.41) is 22.7. The van der Waals surface area contributed by atoms with E-state index >= 15 is 0 Å². The van der Waals surface area contributed by atoms with Crippen molar-refractivity contribution in [2.75, 3.05) is 13.4 Å². The molecule has 166 valence electrons. The van der Waals surface area contributed by atoms with Crippen molar-refractivity contribution in [3.05, 3.63) is 59.2 Å². The molecule has 9 nitrogen and oxygen atoms in total. The Kier molecular flexibility index (Phi) is 7.33. The highest BCUT2D eigenvalue weighted by Gasteiger charge is 2.19. The molecule has 0 fully saturated rings. The Morgan fingerprint density at radius 2 is 2.00 bits per heavy atom. The molecule has 1 amide bonds. The van der Waals surface area contributed by atoms with Crippen molar-refractivity contribution in [1.82, 2.24) is 10.1 Å². The number of halogens is 1. The molecule has 0 atom stereocenters. The Labute approximate surface area is 186 Å². The van der Waals surface area contributed by atoms with Gasteiger partial charge in [-0.05, 0) is 42.7 Å². The first-order chi connectivity index (χ1) is 15.4. The molecule has 11 heteroatoms. The number of carboxylic acid groups (broad SMARTS) is 1. The van der Waals surface area contributed by atoms with Crippen LogP contribution in [-0.2, 0) is 6.61 Å². The number of amides is 1. The summed E-state index contributed by atoms with van der Waals surface area (Å²) in [6, 6.07) is 9.59. The van der Waals surface area contributed by atoms with Gasteiger partial charge in [0.05, 0.1) is 19.4 Å². The highest BCUT2D eigenvalue weighted by molar-refractivity contribution is 8.15. The SMILES string of the molecule is COc1cc(C(=Nc2ccc(-c3noc(C)n3)cc2)C(=NC(=O)O)SC)cc(CO)c1F. The zero-order valence-corrected chi connectivity index (χ0v) is 18.2. The van der Waals surface area contributed by atoms with Crippen LogP contribution in [-0.4, -0.2) is 50.6 Å². The molecule has 2 N–H and O–H groups in total. The smallest absolute Gasteiger partial charge is 0.432 e. The first kappa shape index (κ1) is 23.1. The summed E-state index contributed by atoms with van der Waals surface area (Å²) in [7, 11) is 1.29. The van der Waals surface area contributed by atoms with Gasteiger partial charge in [-0.25, -0.2) is 14.2 Å².